The molecule has 2 aliphatic heterocycles. The molecule has 1 aromatic heterocycles. The number of hydrogen-bond acceptors (Lipinski definition) is 6. The first kappa shape index (κ1) is 15.7. The molecule has 128 valence electrons. The monoisotopic (exact) mass is 328 g/mol. The van der Waals surface area contributed by atoms with Crippen LogP contribution in [0.1, 0.15) is 30.3 Å². The maximum Gasteiger partial charge on any atom is 0.244 e. The van der Waals surface area contributed by atoms with Crippen molar-refractivity contribution in [1.82, 2.24) is 19.9 Å². The van der Waals surface area contributed by atoms with E-state index in [2.05, 4.69) is 51.3 Å². The highest BCUT2D eigenvalue weighted by Crippen LogP contribution is 2.30. The highest BCUT2D eigenvalue weighted by molar-refractivity contribution is 5.54. The van der Waals surface area contributed by atoms with Gasteiger partial charge in [-0.25, -0.2) is 0 Å². The summed E-state index contributed by atoms with van der Waals surface area (Å²) in [5, 5.41) is 4.17. The van der Waals surface area contributed by atoms with E-state index in [9.17, 15) is 0 Å². The lowest BCUT2D eigenvalue weighted by atomic mass is 10.1. The molecule has 4 rings (SSSR count). The third-order valence-electron chi connectivity index (χ3n) is 4.97. The largest absolute Gasteiger partial charge is 0.379 e. The minimum atomic E-state index is 0.270. The molecule has 0 N–H and O–H groups in total. The summed E-state index contributed by atoms with van der Waals surface area (Å²) in [6, 6.07) is 8.75. The normalized spacial score (nSPS) is 23.0. The maximum atomic E-state index is 5.50. The number of morpholine rings is 1. The Morgan fingerprint density at radius 2 is 1.92 bits per heavy atom. The van der Waals surface area contributed by atoms with Crippen molar-refractivity contribution in [3.05, 3.63) is 35.7 Å². The number of nitrogens with zero attached hydrogens (tertiary/aromatic N) is 4. The fourth-order valence-corrected chi connectivity index (χ4v) is 3.49. The molecule has 0 saturated carbocycles. The average molecular weight is 328 g/mol. The van der Waals surface area contributed by atoms with Crippen LogP contribution in [0.25, 0.3) is 11.4 Å². The molecule has 0 unspecified atom stereocenters. The van der Waals surface area contributed by atoms with Crippen molar-refractivity contribution in [3.8, 4) is 11.4 Å². The van der Waals surface area contributed by atoms with Gasteiger partial charge in [-0.1, -0.05) is 29.4 Å². The highest BCUT2D eigenvalue weighted by atomic mass is 16.5. The zero-order valence-electron chi connectivity index (χ0n) is 14.1. The highest BCUT2D eigenvalue weighted by Gasteiger charge is 2.27. The van der Waals surface area contributed by atoms with E-state index >= 15 is 0 Å². The predicted octanol–water partition coefficient (Wildman–Crippen LogP) is 2.34. The molecule has 0 bridgehead atoms. The van der Waals surface area contributed by atoms with Gasteiger partial charge in [0.15, 0.2) is 0 Å². The van der Waals surface area contributed by atoms with E-state index in [0.717, 1.165) is 57.3 Å². The number of benzene rings is 1. The third-order valence-corrected chi connectivity index (χ3v) is 4.97. The van der Waals surface area contributed by atoms with Gasteiger partial charge in [-0.05, 0) is 32.0 Å². The van der Waals surface area contributed by atoms with Gasteiger partial charge in [-0.15, -0.1) is 0 Å². The summed E-state index contributed by atoms with van der Waals surface area (Å²) in [5.41, 5.74) is 2.32. The number of hydrogen-bond donors (Lipinski definition) is 0. The van der Waals surface area contributed by atoms with Crippen LogP contribution in [0.5, 0.6) is 0 Å². The van der Waals surface area contributed by atoms with E-state index in [1.54, 1.807) is 0 Å². The SMILES string of the molecule is CN1CCC[C@H]1c1nc(-c2ccc(CN3CCOCC3)cc2)no1. The zero-order valence-corrected chi connectivity index (χ0v) is 14.1. The fraction of sp³-hybridized carbons (Fsp3) is 0.556. The first-order valence-electron chi connectivity index (χ1n) is 8.73. The van der Waals surface area contributed by atoms with E-state index in [1.807, 2.05) is 0 Å². The van der Waals surface area contributed by atoms with Crippen LogP contribution in [-0.4, -0.2) is 59.8 Å². The summed E-state index contributed by atoms with van der Waals surface area (Å²) in [4.78, 5) is 9.31. The fourth-order valence-electron chi connectivity index (χ4n) is 3.49. The maximum absolute atomic E-state index is 5.50. The van der Waals surface area contributed by atoms with Gasteiger partial charge >= 0.3 is 0 Å². The van der Waals surface area contributed by atoms with Gasteiger partial charge in [0.1, 0.15) is 0 Å². The van der Waals surface area contributed by atoms with Crippen molar-refractivity contribution in [2.24, 2.45) is 0 Å². The quantitative estimate of drug-likeness (QED) is 0.859. The van der Waals surface area contributed by atoms with E-state index in [1.165, 1.54) is 12.0 Å². The molecule has 2 fully saturated rings. The van der Waals surface area contributed by atoms with Crippen molar-refractivity contribution in [3.63, 3.8) is 0 Å². The van der Waals surface area contributed by atoms with Crippen LogP contribution in [-0.2, 0) is 11.3 Å². The van der Waals surface area contributed by atoms with E-state index in [4.69, 9.17) is 9.26 Å². The Bertz CT molecular complexity index is 664. The van der Waals surface area contributed by atoms with E-state index in [0.29, 0.717) is 5.82 Å². The van der Waals surface area contributed by atoms with Crippen LogP contribution in [0.2, 0.25) is 0 Å². The van der Waals surface area contributed by atoms with Crippen molar-refractivity contribution >= 4 is 0 Å². The van der Waals surface area contributed by atoms with E-state index < -0.39 is 0 Å². The summed E-state index contributed by atoms with van der Waals surface area (Å²) in [5.74, 6) is 1.42. The molecule has 1 atom stereocenters. The van der Waals surface area contributed by atoms with Crippen LogP contribution in [0.3, 0.4) is 0 Å². The van der Waals surface area contributed by atoms with Gasteiger partial charge in [0.25, 0.3) is 0 Å². The molecule has 3 heterocycles. The molecule has 2 aliphatic rings. The zero-order chi connectivity index (χ0) is 16.4. The molecule has 2 saturated heterocycles. The second kappa shape index (κ2) is 7.01. The Morgan fingerprint density at radius 1 is 1.12 bits per heavy atom. The van der Waals surface area contributed by atoms with Crippen LogP contribution in [0.15, 0.2) is 28.8 Å². The molecule has 0 amide bonds. The number of aromatic nitrogens is 2. The topological polar surface area (TPSA) is 54.6 Å². The molecular weight excluding hydrogens is 304 g/mol. The molecule has 6 nitrogen and oxygen atoms in total. The van der Waals surface area contributed by atoms with Crippen molar-refractivity contribution in [2.75, 3.05) is 39.9 Å². The number of rotatable bonds is 4. The Balaban J connectivity index is 1.44. The van der Waals surface area contributed by atoms with Gasteiger partial charge in [-0.2, -0.15) is 4.98 Å². The Hall–Kier alpha value is -1.76. The lowest BCUT2D eigenvalue weighted by Gasteiger charge is -2.26. The van der Waals surface area contributed by atoms with Crippen LogP contribution in [0, 0.1) is 0 Å². The second-order valence-electron chi connectivity index (χ2n) is 6.68. The molecule has 24 heavy (non-hydrogen) atoms. The van der Waals surface area contributed by atoms with Crippen molar-refractivity contribution < 1.29 is 9.26 Å². The van der Waals surface area contributed by atoms with Gasteiger partial charge < -0.3 is 9.26 Å². The number of likely N-dealkylation sites (tertiary alicyclic amines) is 1. The minimum Gasteiger partial charge on any atom is -0.379 e. The van der Waals surface area contributed by atoms with Crippen LogP contribution in [0.4, 0.5) is 0 Å². The average Bonchev–Trinajstić information content (AvgIpc) is 3.25. The molecule has 2 aromatic rings. The van der Waals surface area contributed by atoms with Crippen molar-refractivity contribution in [2.45, 2.75) is 25.4 Å². The van der Waals surface area contributed by atoms with Gasteiger partial charge in [0.05, 0.1) is 19.3 Å². The third kappa shape index (κ3) is 3.36. The Labute approximate surface area is 142 Å². The summed E-state index contributed by atoms with van der Waals surface area (Å²) in [6.45, 7) is 5.74. The van der Waals surface area contributed by atoms with Gasteiger partial charge in [-0.3, -0.25) is 9.80 Å². The number of ether oxygens (including phenoxy) is 1. The molecular formula is C18H24N4O2. The molecule has 6 heteroatoms. The summed E-state index contributed by atoms with van der Waals surface area (Å²) < 4.78 is 10.9. The lowest BCUT2D eigenvalue weighted by Crippen LogP contribution is -2.35. The smallest absolute Gasteiger partial charge is 0.244 e. The van der Waals surface area contributed by atoms with Crippen molar-refractivity contribution in [1.29, 1.82) is 0 Å². The summed E-state index contributed by atoms with van der Waals surface area (Å²) >= 11 is 0. The van der Waals surface area contributed by atoms with Gasteiger partial charge in [0.2, 0.25) is 11.7 Å². The molecule has 0 aliphatic carbocycles. The first-order chi connectivity index (χ1) is 11.8. The molecule has 1 aromatic carbocycles. The Morgan fingerprint density at radius 3 is 2.62 bits per heavy atom. The summed E-state index contributed by atoms with van der Waals surface area (Å²) in [7, 11) is 2.11. The molecule has 0 radical (unpaired) electrons. The second-order valence-corrected chi connectivity index (χ2v) is 6.68. The van der Waals surface area contributed by atoms with Crippen LogP contribution < -0.4 is 0 Å². The predicted molar refractivity (Wildman–Crippen MR) is 90.4 cm³/mol. The minimum absolute atomic E-state index is 0.270. The van der Waals surface area contributed by atoms with E-state index in [-0.39, 0.29) is 6.04 Å². The standard InChI is InChI=1S/C18H24N4O2/c1-21-8-2-3-16(21)18-19-17(20-24-18)15-6-4-14(5-7-15)13-22-9-11-23-12-10-22/h4-7,16H,2-3,8-13H2,1H3/t16-/m0/s1. The summed E-state index contributed by atoms with van der Waals surface area (Å²) in [6.07, 6.45) is 2.28. The van der Waals surface area contributed by atoms with Crippen LogP contribution >= 0.6 is 0 Å². The Kier molecular flexibility index (Phi) is 4.60. The lowest BCUT2D eigenvalue weighted by molar-refractivity contribution is 0.0342. The molecule has 0 spiro atoms. The first-order valence-corrected chi connectivity index (χ1v) is 8.73. The van der Waals surface area contributed by atoms with Gasteiger partial charge in [0, 0.05) is 25.2 Å².